The number of hydrogen-bond acceptors (Lipinski definition) is 4. The van der Waals surface area contributed by atoms with Gasteiger partial charge in [0.05, 0.1) is 22.4 Å². The maximum absolute atomic E-state index is 14.0. The summed E-state index contributed by atoms with van der Waals surface area (Å²) in [6.07, 6.45) is -4.59. The number of carbonyl (C=O) groups is 1. The van der Waals surface area contributed by atoms with Crippen molar-refractivity contribution in [1.29, 1.82) is 0 Å². The number of alkyl halides is 3. The first-order valence-electron chi connectivity index (χ1n) is 12.3. The number of aliphatic imine (C=N–C) groups is 1. The molecule has 0 aliphatic heterocycles. The summed E-state index contributed by atoms with van der Waals surface area (Å²) >= 11 is 0. The van der Waals surface area contributed by atoms with Gasteiger partial charge in [-0.25, -0.2) is 14.2 Å². The van der Waals surface area contributed by atoms with Crippen LogP contribution in [0.2, 0.25) is 0 Å². The number of hydrogen-bond donors (Lipinski definition) is 4. The minimum Gasteiger partial charge on any atom is -0.505 e. The molecule has 0 amide bonds. The molecular weight excluding hydrogens is 540 g/mol. The van der Waals surface area contributed by atoms with Crippen molar-refractivity contribution < 1.29 is 37.7 Å². The van der Waals surface area contributed by atoms with Gasteiger partial charge in [0.2, 0.25) is 0 Å². The normalized spacial score (nSPS) is 12.2. The molecule has 0 atom stereocenters. The number of aromatic hydroxyl groups is 2. The molecule has 0 saturated heterocycles. The van der Waals surface area contributed by atoms with E-state index in [0.29, 0.717) is 5.56 Å². The third-order valence-electron chi connectivity index (χ3n) is 6.59. The molecule has 1 aromatic heterocycles. The maximum atomic E-state index is 14.0. The fourth-order valence-corrected chi connectivity index (χ4v) is 4.81. The van der Waals surface area contributed by atoms with Gasteiger partial charge in [-0.2, -0.15) is 13.2 Å². The molecule has 6 nitrogen and oxygen atoms in total. The van der Waals surface area contributed by atoms with Gasteiger partial charge in [-0.05, 0) is 61.9 Å². The predicted molar refractivity (Wildman–Crippen MR) is 147 cm³/mol. The number of aromatic carboxylic acids is 1. The van der Waals surface area contributed by atoms with E-state index in [9.17, 15) is 37.7 Å². The first-order valence-corrected chi connectivity index (χ1v) is 12.3. The van der Waals surface area contributed by atoms with E-state index in [1.54, 1.807) is 18.2 Å². The van der Waals surface area contributed by atoms with Crippen LogP contribution in [0.25, 0.3) is 22.0 Å². The van der Waals surface area contributed by atoms with Crippen LogP contribution in [0, 0.1) is 19.7 Å². The van der Waals surface area contributed by atoms with E-state index in [4.69, 9.17) is 0 Å². The fraction of sp³-hybridized carbons (Fsp3) is 0.0968. The standard InChI is InChI=1S/C31H22F4N2O4/c1-15-10-16(2)12-18(11-15)27(26-21-8-7-19(31(33,34)35)14-25(21)37-29(26)39)36-24-5-3-4-20(28(24)38)17-6-9-23(32)22(13-17)30(40)41/h3-14,37-39H,1-2H3,(H,40,41). The van der Waals surface area contributed by atoms with E-state index in [0.717, 1.165) is 35.4 Å². The number of benzene rings is 4. The summed E-state index contributed by atoms with van der Waals surface area (Å²) in [5.74, 6) is -3.18. The number of carboxylic acids is 1. The van der Waals surface area contributed by atoms with Gasteiger partial charge in [-0.15, -0.1) is 0 Å². The van der Waals surface area contributed by atoms with Gasteiger partial charge in [-0.3, -0.25) is 0 Å². The van der Waals surface area contributed by atoms with Crippen molar-refractivity contribution in [3.8, 4) is 22.8 Å². The minimum atomic E-state index is -4.59. The van der Waals surface area contributed by atoms with Crippen LogP contribution in [0.3, 0.4) is 0 Å². The highest BCUT2D eigenvalue weighted by Crippen LogP contribution is 2.40. The van der Waals surface area contributed by atoms with Crippen molar-refractivity contribution in [1.82, 2.24) is 4.98 Å². The topological polar surface area (TPSA) is 106 Å². The van der Waals surface area contributed by atoms with Gasteiger partial charge >= 0.3 is 12.1 Å². The quantitative estimate of drug-likeness (QED) is 0.129. The zero-order chi connectivity index (χ0) is 29.6. The van der Waals surface area contributed by atoms with Crippen molar-refractivity contribution in [3.05, 3.63) is 112 Å². The van der Waals surface area contributed by atoms with E-state index in [1.807, 2.05) is 19.9 Å². The molecule has 0 bridgehead atoms. The Labute approximate surface area is 230 Å². The molecule has 4 aromatic carbocycles. The number of aromatic amines is 1. The number of rotatable bonds is 5. The van der Waals surface area contributed by atoms with E-state index < -0.39 is 35.0 Å². The van der Waals surface area contributed by atoms with Crippen molar-refractivity contribution >= 4 is 28.3 Å². The molecule has 5 aromatic rings. The number of phenols is 1. The highest BCUT2D eigenvalue weighted by Gasteiger charge is 2.31. The van der Waals surface area contributed by atoms with Crippen LogP contribution < -0.4 is 0 Å². The molecule has 0 aliphatic rings. The Balaban J connectivity index is 1.75. The highest BCUT2D eigenvalue weighted by atomic mass is 19.4. The molecule has 5 rings (SSSR count). The number of H-pyrrole nitrogens is 1. The molecule has 4 N–H and O–H groups in total. The number of phenolic OH excluding ortho intramolecular Hbond substituents is 1. The molecular formula is C31H22F4N2O4. The van der Waals surface area contributed by atoms with Gasteiger partial charge in [0.25, 0.3) is 0 Å². The van der Waals surface area contributed by atoms with Crippen molar-refractivity contribution in [2.45, 2.75) is 20.0 Å². The summed E-state index contributed by atoms with van der Waals surface area (Å²) in [6, 6.07) is 16.5. The third-order valence-corrected chi connectivity index (χ3v) is 6.59. The Morgan fingerprint density at radius 1 is 0.902 bits per heavy atom. The van der Waals surface area contributed by atoms with Crippen molar-refractivity contribution in [2.24, 2.45) is 4.99 Å². The maximum Gasteiger partial charge on any atom is 0.416 e. The second-order valence-corrected chi connectivity index (χ2v) is 9.62. The number of aryl methyl sites for hydroxylation is 2. The molecule has 208 valence electrons. The Kier molecular flexibility index (Phi) is 6.78. The van der Waals surface area contributed by atoms with E-state index in [-0.39, 0.29) is 44.7 Å². The van der Waals surface area contributed by atoms with Crippen molar-refractivity contribution in [3.63, 3.8) is 0 Å². The summed E-state index contributed by atoms with van der Waals surface area (Å²) in [6.45, 7) is 3.71. The zero-order valence-electron chi connectivity index (χ0n) is 21.6. The molecule has 0 fully saturated rings. The Morgan fingerprint density at radius 3 is 2.27 bits per heavy atom. The van der Waals surface area contributed by atoms with Crippen LogP contribution >= 0.6 is 0 Å². The van der Waals surface area contributed by atoms with Crippen LogP contribution in [0.15, 0.2) is 77.8 Å². The summed E-state index contributed by atoms with van der Waals surface area (Å²) in [7, 11) is 0. The van der Waals surface area contributed by atoms with E-state index >= 15 is 0 Å². The van der Waals surface area contributed by atoms with Gasteiger partial charge < -0.3 is 20.3 Å². The van der Waals surface area contributed by atoms with Crippen LogP contribution in [0.1, 0.15) is 38.2 Å². The number of aromatic nitrogens is 1. The summed E-state index contributed by atoms with van der Waals surface area (Å²) in [5.41, 5.74) is 1.52. The highest BCUT2D eigenvalue weighted by molar-refractivity contribution is 6.22. The lowest BCUT2D eigenvalue weighted by atomic mass is 9.96. The molecule has 10 heteroatoms. The van der Waals surface area contributed by atoms with Crippen LogP contribution in [0.5, 0.6) is 11.6 Å². The lowest BCUT2D eigenvalue weighted by Gasteiger charge is -2.13. The second kappa shape index (κ2) is 10.1. The predicted octanol–water partition coefficient (Wildman–Crippen LogP) is 7.89. The molecule has 1 heterocycles. The van der Waals surface area contributed by atoms with Crippen LogP contribution in [-0.2, 0) is 6.18 Å². The van der Waals surface area contributed by atoms with Crippen LogP contribution in [-0.4, -0.2) is 32.0 Å². The number of para-hydroxylation sites is 1. The summed E-state index contributed by atoms with van der Waals surface area (Å²) < 4.78 is 54.1. The average molecular weight is 563 g/mol. The van der Waals surface area contributed by atoms with Crippen LogP contribution in [0.4, 0.5) is 23.2 Å². The van der Waals surface area contributed by atoms with Gasteiger partial charge in [-0.1, -0.05) is 41.5 Å². The lowest BCUT2D eigenvalue weighted by Crippen LogP contribution is -2.05. The molecule has 41 heavy (non-hydrogen) atoms. The zero-order valence-corrected chi connectivity index (χ0v) is 21.6. The molecule has 0 spiro atoms. The number of nitrogens with one attached hydrogen (secondary N) is 1. The van der Waals surface area contributed by atoms with E-state index in [1.165, 1.54) is 24.3 Å². The average Bonchev–Trinajstić information content (AvgIpc) is 3.22. The third kappa shape index (κ3) is 5.23. The number of nitrogens with zero attached hydrogens (tertiary/aromatic N) is 1. The van der Waals surface area contributed by atoms with Gasteiger partial charge in [0.15, 0.2) is 5.88 Å². The SMILES string of the molecule is Cc1cc(C)cc(C(=Nc2cccc(-c3ccc(F)c(C(=O)O)c3)c2O)c2c(O)[nH]c3cc(C(F)(F)F)ccc23)c1. The Hall–Kier alpha value is -5.12. The summed E-state index contributed by atoms with van der Waals surface area (Å²) in [4.78, 5) is 18.7. The summed E-state index contributed by atoms with van der Waals surface area (Å²) in [5, 5.41) is 31.7. The largest absolute Gasteiger partial charge is 0.505 e. The smallest absolute Gasteiger partial charge is 0.416 e. The fourth-order valence-electron chi connectivity index (χ4n) is 4.81. The number of fused-ring (bicyclic) bond motifs is 1. The first kappa shape index (κ1) is 27.4. The first-order chi connectivity index (χ1) is 19.3. The Bertz CT molecular complexity index is 1850. The number of carboxylic acid groups (broad SMARTS) is 1. The monoisotopic (exact) mass is 562 g/mol. The van der Waals surface area contributed by atoms with Crippen molar-refractivity contribution in [2.75, 3.05) is 0 Å². The molecule has 0 aliphatic carbocycles. The molecule has 0 saturated carbocycles. The Morgan fingerprint density at radius 2 is 1.61 bits per heavy atom. The molecule has 0 radical (unpaired) electrons. The second-order valence-electron chi connectivity index (χ2n) is 9.62. The van der Waals surface area contributed by atoms with E-state index in [2.05, 4.69) is 9.98 Å². The van der Waals surface area contributed by atoms with Gasteiger partial charge in [0, 0.05) is 22.0 Å². The molecule has 0 unspecified atom stereocenters. The lowest BCUT2D eigenvalue weighted by molar-refractivity contribution is -0.137. The van der Waals surface area contributed by atoms with Gasteiger partial charge in [0.1, 0.15) is 17.3 Å². The number of halogens is 4. The minimum absolute atomic E-state index is 0.0264.